The minimum Gasteiger partial charge on any atom is -0.343 e. The lowest BCUT2D eigenvalue weighted by atomic mass is 9.86. The number of hydrogen-bond acceptors (Lipinski definition) is 4. The van der Waals surface area contributed by atoms with Gasteiger partial charge < -0.3 is 10.6 Å². The maximum absolute atomic E-state index is 13.9. The Morgan fingerprint density at radius 1 is 1.00 bits per heavy atom. The molecule has 1 aromatic carbocycles. The van der Waals surface area contributed by atoms with Crippen LogP contribution < -0.4 is 5.73 Å². The number of halogens is 3. The third kappa shape index (κ3) is 6.22. The second-order valence-corrected chi connectivity index (χ2v) is 11.2. The van der Waals surface area contributed by atoms with E-state index in [1.54, 1.807) is 4.90 Å². The van der Waals surface area contributed by atoms with Gasteiger partial charge in [0.1, 0.15) is 5.82 Å². The van der Waals surface area contributed by atoms with E-state index in [0.717, 1.165) is 25.3 Å². The number of nitrogens with zero attached hydrogens (tertiary/aromatic N) is 1. The van der Waals surface area contributed by atoms with E-state index in [9.17, 15) is 26.4 Å². The summed E-state index contributed by atoms with van der Waals surface area (Å²) in [6.45, 7) is 0.919. The summed E-state index contributed by atoms with van der Waals surface area (Å²) in [5, 5.41) is -0.311. The smallest absolute Gasteiger partial charge is 0.223 e. The topological polar surface area (TPSA) is 80.5 Å². The number of hydrogen-bond donors (Lipinski definition) is 1. The number of nitrogens with two attached hydrogens (primary N) is 1. The molecule has 1 aromatic rings. The molecule has 1 heterocycles. The van der Waals surface area contributed by atoms with Crippen LogP contribution in [0.2, 0.25) is 0 Å². The van der Waals surface area contributed by atoms with Gasteiger partial charge in [0.25, 0.3) is 0 Å². The molecule has 9 heteroatoms. The Morgan fingerprint density at radius 2 is 1.61 bits per heavy atom. The lowest BCUT2D eigenvalue weighted by Crippen LogP contribution is -2.44. The Bertz CT molecular complexity index is 880. The molecule has 0 radical (unpaired) electrons. The van der Waals surface area contributed by atoms with Gasteiger partial charge in [0.15, 0.2) is 21.5 Å². The molecule has 174 valence electrons. The molecule has 1 aliphatic carbocycles. The Labute approximate surface area is 182 Å². The van der Waals surface area contributed by atoms with Crippen molar-refractivity contribution >= 4 is 15.7 Å². The molecule has 0 bridgehead atoms. The second-order valence-electron chi connectivity index (χ2n) is 8.82. The molecule has 2 fully saturated rings. The third-order valence-corrected chi connectivity index (χ3v) is 8.96. The molecule has 1 saturated heterocycles. The van der Waals surface area contributed by atoms with Crippen molar-refractivity contribution in [3.8, 4) is 0 Å². The van der Waals surface area contributed by atoms with E-state index < -0.39 is 33.3 Å². The maximum Gasteiger partial charge on any atom is 0.223 e. The Kier molecular flexibility index (Phi) is 8.02. The molecule has 1 saturated carbocycles. The summed E-state index contributed by atoms with van der Waals surface area (Å²) < 4.78 is 65.4. The zero-order chi connectivity index (χ0) is 22.6. The number of rotatable bonds is 7. The number of carbonyl (C=O) groups is 1. The van der Waals surface area contributed by atoms with Gasteiger partial charge in [-0.25, -0.2) is 21.6 Å². The van der Waals surface area contributed by atoms with Gasteiger partial charge in [0.05, 0.1) is 11.0 Å². The molecule has 1 aliphatic heterocycles. The fraction of sp³-hybridized carbons (Fsp3) is 0.682. The van der Waals surface area contributed by atoms with Gasteiger partial charge in [0, 0.05) is 31.6 Å². The molecular weight excluding hydrogens is 429 g/mol. The van der Waals surface area contributed by atoms with Gasteiger partial charge in [-0.15, -0.1) is 0 Å². The standard InChI is InChI=1S/C22H31F3N2O3S/c23-18-14-20(25)19(24)12-16(18)13-21(26)15-6-9-27(10-7-15)22(28)8-11-31(29,30)17-4-2-1-3-5-17/h12,14-15,17,21H,1-11,13,26H2/t21-/m1/s1. The summed E-state index contributed by atoms with van der Waals surface area (Å²) in [5.41, 5.74) is 6.23. The Hall–Kier alpha value is -1.61. The largest absolute Gasteiger partial charge is 0.343 e. The van der Waals surface area contributed by atoms with E-state index in [1.165, 1.54) is 0 Å². The second kappa shape index (κ2) is 10.3. The van der Waals surface area contributed by atoms with E-state index in [-0.39, 0.29) is 41.2 Å². The van der Waals surface area contributed by atoms with E-state index in [4.69, 9.17) is 5.73 Å². The number of likely N-dealkylation sites (tertiary alicyclic amines) is 1. The molecule has 1 amide bonds. The quantitative estimate of drug-likeness (QED) is 0.633. The predicted octanol–water partition coefficient (Wildman–Crippen LogP) is 3.35. The van der Waals surface area contributed by atoms with Crippen LogP contribution in [-0.4, -0.2) is 49.4 Å². The molecule has 0 aromatic heterocycles. The molecule has 31 heavy (non-hydrogen) atoms. The van der Waals surface area contributed by atoms with Crippen LogP contribution in [0.3, 0.4) is 0 Å². The molecule has 2 aliphatic rings. The number of benzene rings is 1. The first-order chi connectivity index (χ1) is 14.7. The average molecular weight is 461 g/mol. The third-order valence-electron chi connectivity index (χ3n) is 6.70. The van der Waals surface area contributed by atoms with Gasteiger partial charge in [0.2, 0.25) is 5.91 Å². The number of amides is 1. The van der Waals surface area contributed by atoms with Crippen molar-refractivity contribution in [1.82, 2.24) is 4.90 Å². The van der Waals surface area contributed by atoms with E-state index in [2.05, 4.69) is 0 Å². The van der Waals surface area contributed by atoms with Crippen molar-refractivity contribution in [1.29, 1.82) is 0 Å². The summed E-state index contributed by atoms with van der Waals surface area (Å²) in [7, 11) is -3.25. The summed E-state index contributed by atoms with van der Waals surface area (Å²) in [4.78, 5) is 14.2. The van der Waals surface area contributed by atoms with Crippen molar-refractivity contribution in [3.05, 3.63) is 35.1 Å². The fourth-order valence-corrected chi connectivity index (χ4v) is 6.54. The van der Waals surface area contributed by atoms with Crippen LogP contribution in [0.5, 0.6) is 0 Å². The van der Waals surface area contributed by atoms with Crippen LogP contribution in [0.25, 0.3) is 0 Å². The summed E-state index contributed by atoms with van der Waals surface area (Å²) >= 11 is 0. The zero-order valence-corrected chi connectivity index (χ0v) is 18.5. The van der Waals surface area contributed by atoms with E-state index >= 15 is 0 Å². The molecule has 0 unspecified atom stereocenters. The summed E-state index contributed by atoms with van der Waals surface area (Å²) in [5.74, 6) is -3.41. The molecule has 2 N–H and O–H groups in total. The molecule has 0 spiro atoms. The van der Waals surface area contributed by atoms with Crippen molar-refractivity contribution in [2.24, 2.45) is 11.7 Å². The fourth-order valence-electron chi connectivity index (χ4n) is 4.70. The van der Waals surface area contributed by atoms with Crippen molar-refractivity contribution in [2.75, 3.05) is 18.8 Å². The van der Waals surface area contributed by atoms with Crippen LogP contribution in [0, 0.1) is 23.4 Å². The maximum atomic E-state index is 13.9. The first-order valence-electron chi connectivity index (χ1n) is 11.1. The van der Waals surface area contributed by atoms with Gasteiger partial charge in [-0.1, -0.05) is 19.3 Å². The molecule has 3 rings (SSSR count). The van der Waals surface area contributed by atoms with Crippen LogP contribution in [0.4, 0.5) is 13.2 Å². The van der Waals surface area contributed by atoms with E-state index in [0.29, 0.717) is 44.8 Å². The SMILES string of the molecule is N[C@H](Cc1cc(F)c(F)cc1F)C1CCN(C(=O)CCS(=O)(=O)C2CCCCC2)CC1. The highest BCUT2D eigenvalue weighted by Gasteiger charge is 2.30. The number of sulfone groups is 1. The lowest BCUT2D eigenvalue weighted by Gasteiger charge is -2.35. The zero-order valence-electron chi connectivity index (χ0n) is 17.7. The van der Waals surface area contributed by atoms with Gasteiger partial charge in [-0.2, -0.15) is 0 Å². The Balaban J connectivity index is 1.46. The van der Waals surface area contributed by atoms with E-state index in [1.807, 2.05) is 0 Å². The summed E-state index contributed by atoms with van der Waals surface area (Å²) in [6.07, 6.45) is 5.61. The first-order valence-corrected chi connectivity index (χ1v) is 12.8. The highest BCUT2D eigenvalue weighted by atomic mass is 32.2. The van der Waals surface area contributed by atoms with Gasteiger partial charge in [-0.3, -0.25) is 4.79 Å². The van der Waals surface area contributed by atoms with Gasteiger partial charge >= 0.3 is 0 Å². The number of piperidine rings is 1. The number of carbonyl (C=O) groups excluding carboxylic acids is 1. The van der Waals surface area contributed by atoms with Crippen LogP contribution in [0.1, 0.15) is 56.9 Å². The van der Waals surface area contributed by atoms with Gasteiger partial charge in [-0.05, 0) is 49.7 Å². The molecule has 5 nitrogen and oxygen atoms in total. The summed E-state index contributed by atoms with van der Waals surface area (Å²) in [6, 6.07) is 0.930. The average Bonchev–Trinajstić information content (AvgIpc) is 2.76. The molecule has 1 atom stereocenters. The molecular formula is C22H31F3N2O3S. The van der Waals surface area contributed by atoms with Crippen LogP contribution in [0.15, 0.2) is 12.1 Å². The van der Waals surface area contributed by atoms with Crippen LogP contribution in [-0.2, 0) is 21.1 Å². The minimum atomic E-state index is -3.25. The normalized spacial score (nSPS) is 20.1. The lowest BCUT2D eigenvalue weighted by molar-refractivity contribution is -0.132. The Morgan fingerprint density at radius 3 is 2.26 bits per heavy atom. The highest BCUT2D eigenvalue weighted by molar-refractivity contribution is 7.92. The minimum absolute atomic E-state index is 0.00434. The van der Waals surface area contributed by atoms with Crippen molar-refractivity contribution < 1.29 is 26.4 Å². The highest BCUT2D eigenvalue weighted by Crippen LogP contribution is 2.26. The predicted molar refractivity (Wildman–Crippen MR) is 113 cm³/mol. The van der Waals surface area contributed by atoms with Crippen molar-refractivity contribution in [3.63, 3.8) is 0 Å². The van der Waals surface area contributed by atoms with Crippen molar-refractivity contribution in [2.45, 2.75) is 69.1 Å². The monoisotopic (exact) mass is 460 g/mol. The van der Waals surface area contributed by atoms with Crippen LogP contribution >= 0.6 is 0 Å². The first kappa shape index (κ1) is 24.0.